The van der Waals surface area contributed by atoms with Crippen LogP contribution in [-0.4, -0.2) is 35.6 Å². The molecule has 7 nitrogen and oxygen atoms in total. The summed E-state index contributed by atoms with van der Waals surface area (Å²) in [6.45, 7) is 0.630. The molecule has 3 heterocycles. The average Bonchev–Trinajstić information content (AvgIpc) is 3.44. The number of aromatic amines is 1. The summed E-state index contributed by atoms with van der Waals surface area (Å²) in [5.41, 5.74) is 3.78. The molecule has 0 bridgehead atoms. The Morgan fingerprint density at radius 2 is 1.83 bits per heavy atom. The molecule has 0 amide bonds. The van der Waals surface area contributed by atoms with Crippen molar-refractivity contribution in [1.29, 1.82) is 0 Å². The third-order valence-corrected chi connectivity index (χ3v) is 4.78. The van der Waals surface area contributed by atoms with Crippen LogP contribution in [0.15, 0.2) is 79.7 Å². The Labute approximate surface area is 173 Å². The molecule has 7 heteroatoms. The number of benzene rings is 1. The van der Waals surface area contributed by atoms with E-state index in [9.17, 15) is 9.90 Å². The van der Waals surface area contributed by atoms with Gasteiger partial charge in [-0.25, -0.2) is 4.98 Å². The van der Waals surface area contributed by atoms with E-state index in [0.717, 1.165) is 17.5 Å². The lowest BCUT2D eigenvalue weighted by atomic mass is 10.0. The lowest BCUT2D eigenvalue weighted by Gasteiger charge is -2.03. The quantitative estimate of drug-likeness (QED) is 0.268. The van der Waals surface area contributed by atoms with E-state index in [-0.39, 0.29) is 17.4 Å². The van der Waals surface area contributed by atoms with Gasteiger partial charge in [0, 0.05) is 43.0 Å². The zero-order valence-corrected chi connectivity index (χ0v) is 16.3. The van der Waals surface area contributed by atoms with Crippen molar-refractivity contribution in [2.45, 2.75) is 19.4 Å². The van der Waals surface area contributed by atoms with Gasteiger partial charge in [0.1, 0.15) is 6.33 Å². The minimum atomic E-state index is -0.283. The number of ketones is 1. The predicted octanol–water partition coefficient (Wildman–Crippen LogP) is 3.62. The number of nitrogens with one attached hydrogen (secondary N) is 1. The fourth-order valence-corrected chi connectivity index (χ4v) is 3.29. The second kappa shape index (κ2) is 9.00. The molecule has 0 fully saturated rings. The molecule has 0 unspecified atom stereocenters. The topological polar surface area (TPSA) is 96.7 Å². The molecular formula is C23H21N5O2. The highest BCUT2D eigenvalue weighted by Gasteiger charge is 2.16. The summed E-state index contributed by atoms with van der Waals surface area (Å²) >= 11 is 0. The van der Waals surface area contributed by atoms with E-state index < -0.39 is 0 Å². The molecule has 0 spiro atoms. The SMILES string of the molecule is O=C(C=C(O)c1nc[nH]n1)c1cn(Cc2ccncc2)cc1CCc1ccccc1. The fraction of sp³-hybridized carbons (Fsp3) is 0.130. The van der Waals surface area contributed by atoms with Crippen molar-refractivity contribution in [1.82, 2.24) is 24.7 Å². The van der Waals surface area contributed by atoms with E-state index in [1.54, 1.807) is 12.4 Å². The third kappa shape index (κ3) is 4.70. The van der Waals surface area contributed by atoms with E-state index in [0.29, 0.717) is 18.5 Å². The van der Waals surface area contributed by atoms with Crippen molar-refractivity contribution in [3.8, 4) is 0 Å². The smallest absolute Gasteiger partial charge is 0.215 e. The van der Waals surface area contributed by atoms with Gasteiger partial charge in [0.05, 0.1) is 0 Å². The lowest BCUT2D eigenvalue weighted by Crippen LogP contribution is -2.01. The molecule has 4 aromatic rings. The van der Waals surface area contributed by atoms with E-state index in [1.807, 2.05) is 47.3 Å². The maximum atomic E-state index is 12.9. The van der Waals surface area contributed by atoms with Crippen molar-refractivity contribution < 1.29 is 9.90 Å². The van der Waals surface area contributed by atoms with Gasteiger partial charge in [-0.2, -0.15) is 5.10 Å². The molecule has 0 saturated heterocycles. The van der Waals surface area contributed by atoms with Crippen molar-refractivity contribution in [2.75, 3.05) is 0 Å². The monoisotopic (exact) mass is 399 g/mol. The predicted molar refractivity (Wildman–Crippen MR) is 113 cm³/mol. The summed E-state index contributed by atoms with van der Waals surface area (Å²) in [6.07, 6.45) is 11.4. The van der Waals surface area contributed by atoms with Gasteiger partial charge in [0.2, 0.25) is 5.82 Å². The molecular weight excluding hydrogens is 378 g/mol. The molecule has 0 aliphatic rings. The number of hydrogen-bond acceptors (Lipinski definition) is 5. The van der Waals surface area contributed by atoms with E-state index >= 15 is 0 Å². The van der Waals surface area contributed by atoms with Gasteiger partial charge in [-0.1, -0.05) is 30.3 Å². The van der Waals surface area contributed by atoms with Crippen LogP contribution in [0.25, 0.3) is 5.76 Å². The molecule has 0 saturated carbocycles. The van der Waals surface area contributed by atoms with E-state index in [2.05, 4.69) is 32.3 Å². The zero-order valence-electron chi connectivity index (χ0n) is 16.3. The highest BCUT2D eigenvalue weighted by Crippen LogP contribution is 2.18. The maximum Gasteiger partial charge on any atom is 0.215 e. The van der Waals surface area contributed by atoms with Crippen LogP contribution >= 0.6 is 0 Å². The third-order valence-electron chi connectivity index (χ3n) is 4.78. The van der Waals surface area contributed by atoms with E-state index in [1.165, 1.54) is 18.0 Å². The van der Waals surface area contributed by atoms with Crippen LogP contribution in [0.5, 0.6) is 0 Å². The summed E-state index contributed by atoms with van der Waals surface area (Å²) in [7, 11) is 0. The van der Waals surface area contributed by atoms with E-state index in [4.69, 9.17) is 0 Å². The number of H-pyrrole nitrogens is 1. The Hall–Kier alpha value is -4.00. The lowest BCUT2D eigenvalue weighted by molar-refractivity contribution is 0.104. The normalized spacial score (nSPS) is 11.5. The average molecular weight is 399 g/mol. The number of aliphatic hydroxyl groups is 1. The first-order chi connectivity index (χ1) is 14.7. The van der Waals surface area contributed by atoms with Crippen molar-refractivity contribution in [3.63, 3.8) is 0 Å². The van der Waals surface area contributed by atoms with Gasteiger partial charge < -0.3 is 9.67 Å². The number of allylic oxidation sites excluding steroid dienone is 1. The standard InChI is InChI=1S/C23H21N5O2/c29-21(12-22(30)23-25-16-26-27-23)20-15-28(13-18-8-10-24-11-9-18)14-19(20)7-6-17-4-2-1-3-5-17/h1-5,8-12,14-16,30H,6-7,13H2,(H,25,26,27). The molecule has 1 aromatic carbocycles. The number of hydrogen-bond donors (Lipinski definition) is 2. The number of aromatic nitrogens is 5. The Balaban J connectivity index is 1.60. The summed E-state index contributed by atoms with van der Waals surface area (Å²) in [5, 5.41) is 16.5. The first-order valence-corrected chi connectivity index (χ1v) is 9.61. The van der Waals surface area contributed by atoms with Gasteiger partial charge in [0.25, 0.3) is 0 Å². The largest absolute Gasteiger partial charge is 0.504 e. The Morgan fingerprint density at radius 1 is 1.03 bits per heavy atom. The number of carbonyl (C=O) groups excluding carboxylic acids is 1. The summed E-state index contributed by atoms with van der Waals surface area (Å²) < 4.78 is 1.99. The first kappa shape index (κ1) is 19.3. The zero-order chi connectivity index (χ0) is 20.8. The number of rotatable bonds is 8. The Morgan fingerprint density at radius 3 is 2.57 bits per heavy atom. The number of aryl methyl sites for hydroxylation is 2. The second-order valence-electron chi connectivity index (χ2n) is 6.93. The van der Waals surface area contributed by atoms with Crippen LogP contribution in [0, 0.1) is 0 Å². The number of nitrogens with zero attached hydrogens (tertiary/aromatic N) is 4. The molecule has 0 atom stereocenters. The molecule has 0 aliphatic carbocycles. The van der Waals surface area contributed by atoms with Gasteiger partial charge in [-0.15, -0.1) is 0 Å². The van der Waals surface area contributed by atoms with Gasteiger partial charge >= 0.3 is 0 Å². The van der Waals surface area contributed by atoms with Crippen LogP contribution in [0.1, 0.15) is 32.9 Å². The number of carbonyl (C=O) groups is 1. The van der Waals surface area contributed by atoms with Crippen LogP contribution in [0.4, 0.5) is 0 Å². The molecule has 2 N–H and O–H groups in total. The number of aliphatic hydroxyl groups excluding tert-OH is 1. The number of pyridine rings is 1. The fourth-order valence-electron chi connectivity index (χ4n) is 3.29. The first-order valence-electron chi connectivity index (χ1n) is 9.61. The molecule has 30 heavy (non-hydrogen) atoms. The van der Waals surface area contributed by atoms with Crippen LogP contribution in [0.3, 0.4) is 0 Å². The van der Waals surface area contributed by atoms with Crippen molar-refractivity contribution >= 4 is 11.5 Å². The molecule has 3 aromatic heterocycles. The van der Waals surface area contributed by atoms with Gasteiger partial charge in [-0.3, -0.25) is 14.9 Å². The Bertz CT molecular complexity index is 1130. The van der Waals surface area contributed by atoms with Crippen LogP contribution in [0.2, 0.25) is 0 Å². The van der Waals surface area contributed by atoms with Crippen LogP contribution < -0.4 is 0 Å². The highest BCUT2D eigenvalue weighted by atomic mass is 16.3. The minimum absolute atomic E-state index is 0.0883. The molecule has 0 aliphatic heterocycles. The van der Waals surface area contributed by atoms with Gasteiger partial charge in [-0.05, 0) is 41.7 Å². The van der Waals surface area contributed by atoms with Crippen molar-refractivity contribution in [3.05, 3.63) is 108 Å². The highest BCUT2D eigenvalue weighted by molar-refractivity contribution is 6.08. The summed E-state index contributed by atoms with van der Waals surface area (Å²) in [5.74, 6) is -0.462. The van der Waals surface area contributed by atoms with Gasteiger partial charge in [0.15, 0.2) is 11.5 Å². The molecule has 4 rings (SSSR count). The van der Waals surface area contributed by atoms with Crippen molar-refractivity contribution in [2.24, 2.45) is 0 Å². The summed E-state index contributed by atoms with van der Waals surface area (Å²) in [4.78, 5) is 20.8. The molecule has 150 valence electrons. The molecule has 0 radical (unpaired) electrons. The van der Waals surface area contributed by atoms with Crippen LogP contribution in [-0.2, 0) is 19.4 Å². The Kier molecular flexibility index (Phi) is 5.80. The minimum Gasteiger partial charge on any atom is -0.504 e. The summed E-state index contributed by atoms with van der Waals surface area (Å²) in [6, 6.07) is 14.0. The maximum absolute atomic E-state index is 12.9. The second-order valence-corrected chi connectivity index (χ2v) is 6.93.